The molecule has 0 radical (unpaired) electrons. The van der Waals surface area contributed by atoms with Gasteiger partial charge in [-0.1, -0.05) is 15.9 Å². The maximum Gasteiger partial charge on any atom is 0.255 e. The highest BCUT2D eigenvalue weighted by Gasteiger charge is 2.11. The third-order valence-electron chi connectivity index (χ3n) is 4.30. The van der Waals surface area contributed by atoms with Crippen LogP contribution in [0.5, 0.6) is 11.5 Å². The molecule has 0 saturated carbocycles. The lowest BCUT2D eigenvalue weighted by atomic mass is 10.1. The third kappa shape index (κ3) is 5.77. The highest BCUT2D eigenvalue weighted by molar-refractivity contribution is 9.11. The quantitative estimate of drug-likeness (QED) is 0.307. The first-order valence-electron chi connectivity index (χ1n) is 8.98. The molecule has 3 rings (SSSR count). The monoisotopic (exact) mass is 596 g/mol. The summed E-state index contributed by atoms with van der Waals surface area (Å²) in [6.45, 7) is 0.440. The Kier molecular flexibility index (Phi) is 7.80. The van der Waals surface area contributed by atoms with Crippen LogP contribution in [0.2, 0.25) is 0 Å². The summed E-state index contributed by atoms with van der Waals surface area (Å²) in [4.78, 5) is 12.7. The molecule has 0 saturated heterocycles. The van der Waals surface area contributed by atoms with Crippen molar-refractivity contribution in [1.82, 2.24) is 0 Å². The molecule has 0 aromatic heterocycles. The average Bonchev–Trinajstić information content (AvgIpc) is 2.73. The molecule has 0 heterocycles. The number of hydrogen-bond donors (Lipinski definition) is 2. The van der Waals surface area contributed by atoms with E-state index < -0.39 is 0 Å². The number of rotatable bonds is 7. The minimum absolute atomic E-state index is 0.201. The van der Waals surface area contributed by atoms with Crippen molar-refractivity contribution < 1.29 is 14.3 Å². The van der Waals surface area contributed by atoms with Gasteiger partial charge in [-0.3, -0.25) is 4.79 Å². The van der Waals surface area contributed by atoms with E-state index in [1.54, 1.807) is 31.4 Å². The molecule has 3 N–H and O–H groups in total. The van der Waals surface area contributed by atoms with Gasteiger partial charge in [0.25, 0.3) is 5.91 Å². The standard InChI is InChI=1S/C22H19Br3N2O3/c1-29-20-12-16(4-7-18(20)24)27-22(28)14-2-5-17(23)13(10-14)8-9-30-21-11-15(26)3-6-19(21)25/h2-7,10-12H,8-9,26H2,1H3,(H,27,28). The van der Waals surface area contributed by atoms with Crippen LogP contribution in [0.1, 0.15) is 15.9 Å². The molecule has 5 nitrogen and oxygen atoms in total. The number of methoxy groups -OCH3 is 1. The van der Waals surface area contributed by atoms with Gasteiger partial charge in [0, 0.05) is 40.0 Å². The second kappa shape index (κ2) is 10.3. The third-order valence-corrected chi connectivity index (χ3v) is 6.38. The largest absolute Gasteiger partial charge is 0.495 e. The second-order valence-electron chi connectivity index (χ2n) is 6.40. The molecule has 3 aromatic rings. The predicted octanol–water partition coefficient (Wildman–Crippen LogP) is 6.44. The van der Waals surface area contributed by atoms with Crippen molar-refractivity contribution in [1.29, 1.82) is 0 Å². The first-order chi connectivity index (χ1) is 14.4. The molecule has 30 heavy (non-hydrogen) atoms. The van der Waals surface area contributed by atoms with Crippen molar-refractivity contribution in [3.05, 3.63) is 79.1 Å². The zero-order valence-corrected chi connectivity index (χ0v) is 20.8. The van der Waals surface area contributed by atoms with Gasteiger partial charge in [-0.15, -0.1) is 0 Å². The highest BCUT2D eigenvalue weighted by atomic mass is 79.9. The number of nitrogen functional groups attached to an aromatic ring is 1. The average molecular weight is 599 g/mol. The fourth-order valence-electron chi connectivity index (χ4n) is 2.75. The molecule has 0 unspecified atom stereocenters. The topological polar surface area (TPSA) is 73.6 Å². The van der Waals surface area contributed by atoms with Crippen LogP contribution in [0.25, 0.3) is 0 Å². The van der Waals surface area contributed by atoms with Gasteiger partial charge in [0.1, 0.15) is 11.5 Å². The number of halogens is 3. The van der Waals surface area contributed by atoms with Crippen LogP contribution in [0.4, 0.5) is 11.4 Å². The van der Waals surface area contributed by atoms with Gasteiger partial charge in [0.15, 0.2) is 0 Å². The van der Waals surface area contributed by atoms with E-state index in [1.165, 1.54) is 0 Å². The summed E-state index contributed by atoms with van der Waals surface area (Å²) in [5.74, 6) is 1.13. The van der Waals surface area contributed by atoms with Crippen LogP contribution in [0.15, 0.2) is 68.0 Å². The molecule has 3 aromatic carbocycles. The van der Waals surface area contributed by atoms with Crippen LogP contribution >= 0.6 is 47.8 Å². The molecule has 0 spiro atoms. The van der Waals surface area contributed by atoms with E-state index in [0.717, 1.165) is 19.0 Å². The Balaban J connectivity index is 1.68. The molecular weight excluding hydrogens is 580 g/mol. The smallest absolute Gasteiger partial charge is 0.255 e. The van der Waals surface area contributed by atoms with Crippen LogP contribution < -0.4 is 20.5 Å². The summed E-state index contributed by atoms with van der Waals surface area (Å²) in [5, 5.41) is 2.90. The Labute approximate surface area is 200 Å². The van der Waals surface area contributed by atoms with Crippen LogP contribution in [-0.4, -0.2) is 19.6 Å². The number of ether oxygens (including phenoxy) is 2. The number of carbonyl (C=O) groups is 1. The zero-order valence-electron chi connectivity index (χ0n) is 16.0. The molecule has 8 heteroatoms. The molecule has 156 valence electrons. The van der Waals surface area contributed by atoms with E-state index in [9.17, 15) is 4.79 Å². The Morgan fingerprint density at radius 1 is 0.933 bits per heavy atom. The molecule has 0 bridgehead atoms. The van der Waals surface area contributed by atoms with Gasteiger partial charge >= 0.3 is 0 Å². The summed E-state index contributed by atoms with van der Waals surface area (Å²) in [5.41, 5.74) is 8.63. The highest BCUT2D eigenvalue weighted by Crippen LogP contribution is 2.29. The molecule has 0 aliphatic rings. The van der Waals surface area contributed by atoms with Crippen LogP contribution in [0.3, 0.4) is 0 Å². The van der Waals surface area contributed by atoms with Gasteiger partial charge in [-0.05, 0) is 79.9 Å². The number of hydrogen-bond acceptors (Lipinski definition) is 4. The lowest BCUT2D eigenvalue weighted by Gasteiger charge is -2.12. The first kappa shape index (κ1) is 22.7. The summed E-state index contributed by atoms with van der Waals surface area (Å²) in [6.07, 6.45) is 0.620. The SMILES string of the molecule is COc1cc(NC(=O)c2ccc(Br)c(CCOc3cc(N)ccc3Br)c2)ccc1Br. The molecule has 0 aliphatic heterocycles. The first-order valence-corrected chi connectivity index (χ1v) is 11.4. The van der Waals surface area contributed by atoms with Gasteiger partial charge < -0.3 is 20.5 Å². The number of amides is 1. The van der Waals surface area contributed by atoms with Crippen LogP contribution in [0, 0.1) is 0 Å². The molecule has 0 atom stereocenters. The van der Waals surface area contributed by atoms with Crippen molar-refractivity contribution in [3.63, 3.8) is 0 Å². The van der Waals surface area contributed by atoms with E-state index >= 15 is 0 Å². The number of benzene rings is 3. The second-order valence-corrected chi connectivity index (χ2v) is 8.96. The van der Waals surface area contributed by atoms with Gasteiger partial charge in [0.2, 0.25) is 0 Å². The maximum absolute atomic E-state index is 12.7. The number of anilines is 2. The summed E-state index contributed by atoms with van der Waals surface area (Å²) in [6, 6.07) is 16.3. The van der Waals surface area contributed by atoms with E-state index in [4.69, 9.17) is 15.2 Å². The molecule has 1 amide bonds. The Hall–Kier alpha value is -2.03. The van der Waals surface area contributed by atoms with Crippen molar-refractivity contribution in [3.8, 4) is 11.5 Å². The zero-order chi connectivity index (χ0) is 21.7. The summed E-state index contributed by atoms with van der Waals surface area (Å²) < 4.78 is 13.7. The van der Waals surface area contributed by atoms with Gasteiger partial charge in [-0.25, -0.2) is 0 Å². The fourth-order valence-corrected chi connectivity index (χ4v) is 3.96. The minimum Gasteiger partial charge on any atom is -0.495 e. The lowest BCUT2D eigenvalue weighted by Crippen LogP contribution is -2.13. The van der Waals surface area contributed by atoms with Crippen molar-refractivity contribution in [2.45, 2.75) is 6.42 Å². The number of nitrogens with one attached hydrogen (secondary N) is 1. The summed E-state index contributed by atoms with van der Waals surface area (Å²) in [7, 11) is 1.58. The number of nitrogens with two attached hydrogens (primary N) is 1. The van der Waals surface area contributed by atoms with E-state index in [2.05, 4.69) is 53.1 Å². The Bertz CT molecular complexity index is 1070. The summed E-state index contributed by atoms with van der Waals surface area (Å²) >= 11 is 10.4. The molecule has 0 fully saturated rings. The fraction of sp³-hybridized carbons (Fsp3) is 0.136. The minimum atomic E-state index is -0.201. The normalized spacial score (nSPS) is 10.5. The maximum atomic E-state index is 12.7. The van der Waals surface area contributed by atoms with Crippen LogP contribution in [-0.2, 0) is 6.42 Å². The van der Waals surface area contributed by atoms with E-state index in [-0.39, 0.29) is 5.91 Å². The van der Waals surface area contributed by atoms with Crippen molar-refractivity contribution >= 4 is 65.1 Å². The molecular formula is C22H19Br3N2O3. The Morgan fingerprint density at radius 3 is 2.40 bits per heavy atom. The van der Waals surface area contributed by atoms with Gasteiger partial charge in [0.05, 0.1) is 22.7 Å². The lowest BCUT2D eigenvalue weighted by molar-refractivity contribution is 0.102. The van der Waals surface area contributed by atoms with E-state index in [0.29, 0.717) is 41.5 Å². The van der Waals surface area contributed by atoms with Crippen molar-refractivity contribution in [2.75, 3.05) is 24.8 Å². The predicted molar refractivity (Wildman–Crippen MR) is 131 cm³/mol. The Morgan fingerprint density at radius 2 is 1.63 bits per heavy atom. The number of carbonyl (C=O) groups excluding carboxylic acids is 1. The molecule has 0 aliphatic carbocycles. The van der Waals surface area contributed by atoms with Gasteiger partial charge in [-0.2, -0.15) is 0 Å². The van der Waals surface area contributed by atoms with Crippen molar-refractivity contribution in [2.24, 2.45) is 0 Å². The van der Waals surface area contributed by atoms with E-state index in [1.807, 2.05) is 30.3 Å².